The molecule has 1 aromatic carbocycles. The summed E-state index contributed by atoms with van der Waals surface area (Å²) in [5.74, 6) is 1.09. The van der Waals surface area contributed by atoms with Crippen molar-refractivity contribution in [2.24, 2.45) is 0 Å². The van der Waals surface area contributed by atoms with Crippen molar-refractivity contribution < 1.29 is 4.74 Å². The fourth-order valence-corrected chi connectivity index (χ4v) is 4.92. The third-order valence-electron chi connectivity index (χ3n) is 6.79. The van der Waals surface area contributed by atoms with Crippen molar-refractivity contribution in [2.75, 3.05) is 13.1 Å². The van der Waals surface area contributed by atoms with E-state index in [0.717, 1.165) is 50.0 Å². The third kappa shape index (κ3) is 2.91. The summed E-state index contributed by atoms with van der Waals surface area (Å²) in [4.78, 5) is 2.57. The number of hydrogen-bond acceptors (Lipinski definition) is 3. The van der Waals surface area contributed by atoms with Crippen LogP contribution in [0.4, 0.5) is 0 Å². The van der Waals surface area contributed by atoms with Gasteiger partial charge in [0.2, 0.25) is 0 Å². The Morgan fingerprint density at radius 2 is 1.86 bits per heavy atom. The van der Waals surface area contributed by atoms with E-state index in [1.54, 1.807) is 0 Å². The van der Waals surface area contributed by atoms with Crippen molar-refractivity contribution in [3.05, 3.63) is 53.9 Å². The van der Waals surface area contributed by atoms with Crippen LogP contribution in [-0.2, 0) is 6.42 Å². The first-order valence-electron chi connectivity index (χ1n) is 10.5. The Morgan fingerprint density at radius 3 is 2.64 bits per heavy atom. The Balaban J connectivity index is 1.41. The van der Waals surface area contributed by atoms with Crippen LogP contribution >= 0.6 is 0 Å². The quantitative estimate of drug-likeness (QED) is 0.639. The zero-order valence-electron chi connectivity index (χ0n) is 17.1. The lowest BCUT2D eigenvalue weighted by Gasteiger charge is -2.45. The Morgan fingerprint density at radius 1 is 1.04 bits per heavy atom. The zero-order valence-corrected chi connectivity index (χ0v) is 17.1. The van der Waals surface area contributed by atoms with Gasteiger partial charge in [0, 0.05) is 36.6 Å². The largest absolute Gasteiger partial charge is 0.487 e. The highest BCUT2D eigenvalue weighted by Crippen LogP contribution is 2.41. The molecule has 0 atom stereocenters. The number of rotatable bonds is 2. The molecule has 4 heterocycles. The van der Waals surface area contributed by atoms with Crippen LogP contribution in [0.15, 0.2) is 42.6 Å². The molecule has 0 bridgehead atoms. The number of aryl methyl sites for hydroxylation is 2. The number of hydrogen-bond donors (Lipinski definition) is 0. The highest BCUT2D eigenvalue weighted by atomic mass is 16.5. The molecule has 0 aliphatic carbocycles. The van der Waals surface area contributed by atoms with E-state index >= 15 is 0 Å². The summed E-state index contributed by atoms with van der Waals surface area (Å²) < 4.78 is 8.64. The minimum absolute atomic E-state index is 0.0454. The van der Waals surface area contributed by atoms with Crippen molar-refractivity contribution in [3.63, 3.8) is 0 Å². The second-order valence-electron chi connectivity index (χ2n) is 8.74. The average Bonchev–Trinajstić information content (AvgIpc) is 3.18. The van der Waals surface area contributed by atoms with E-state index in [0.29, 0.717) is 6.04 Å². The van der Waals surface area contributed by atoms with Gasteiger partial charge in [0.25, 0.3) is 0 Å². The van der Waals surface area contributed by atoms with E-state index < -0.39 is 0 Å². The van der Waals surface area contributed by atoms with E-state index in [1.165, 1.54) is 22.4 Å². The van der Waals surface area contributed by atoms with Crippen LogP contribution in [-0.4, -0.2) is 39.2 Å². The van der Waals surface area contributed by atoms with E-state index in [-0.39, 0.29) is 5.60 Å². The maximum Gasteiger partial charge on any atom is 0.123 e. The van der Waals surface area contributed by atoms with Crippen LogP contribution in [0.2, 0.25) is 0 Å². The molecule has 0 N–H and O–H groups in total. The Labute approximate surface area is 167 Å². The smallest absolute Gasteiger partial charge is 0.123 e. The first-order chi connectivity index (χ1) is 13.5. The minimum atomic E-state index is 0.0454. The van der Waals surface area contributed by atoms with Crippen molar-refractivity contribution in [1.82, 2.24) is 14.5 Å². The van der Waals surface area contributed by atoms with E-state index in [2.05, 4.69) is 61.1 Å². The van der Waals surface area contributed by atoms with Gasteiger partial charge in [-0.25, -0.2) is 4.52 Å². The summed E-state index contributed by atoms with van der Waals surface area (Å²) in [6.45, 7) is 9.02. The van der Waals surface area contributed by atoms with Crippen LogP contribution in [0.25, 0.3) is 16.6 Å². The highest BCUT2D eigenvalue weighted by Gasteiger charge is 2.39. The molecule has 5 rings (SSSR count). The van der Waals surface area contributed by atoms with Crippen molar-refractivity contribution >= 4 is 5.52 Å². The van der Waals surface area contributed by atoms with E-state index in [9.17, 15) is 0 Å². The number of likely N-dealkylation sites (tertiary alicyclic amines) is 1. The molecule has 4 heteroatoms. The van der Waals surface area contributed by atoms with Crippen LogP contribution in [0.3, 0.4) is 0 Å². The van der Waals surface area contributed by atoms with Gasteiger partial charge in [0.15, 0.2) is 0 Å². The van der Waals surface area contributed by atoms with Crippen LogP contribution in [0.1, 0.15) is 44.4 Å². The number of ether oxygens (including phenoxy) is 1. The van der Waals surface area contributed by atoms with Gasteiger partial charge in [-0.2, -0.15) is 5.10 Å². The molecule has 3 aromatic rings. The molecule has 146 valence electrons. The summed E-state index contributed by atoms with van der Waals surface area (Å²) in [6, 6.07) is 13.7. The standard InChI is InChI=1S/C24H29N3O/c1-17(2)26-14-11-24(12-15-26)10-8-20-16-19(4-7-23(20)28-24)22-6-5-21-9-13-25-27(21)18(22)3/h4-7,9,13,16-17H,8,10-12,14-15H2,1-3H3. The lowest BCUT2D eigenvalue weighted by atomic mass is 9.82. The fraction of sp³-hybridized carbons (Fsp3) is 0.458. The molecule has 2 aliphatic rings. The first-order valence-corrected chi connectivity index (χ1v) is 10.5. The van der Waals surface area contributed by atoms with Crippen molar-refractivity contribution in [3.8, 4) is 16.9 Å². The monoisotopic (exact) mass is 375 g/mol. The summed E-state index contributed by atoms with van der Waals surface area (Å²) in [5, 5.41) is 4.46. The highest BCUT2D eigenvalue weighted by molar-refractivity contribution is 5.70. The van der Waals surface area contributed by atoms with Gasteiger partial charge < -0.3 is 9.64 Å². The number of aromatic nitrogens is 2. The SMILES string of the molecule is Cc1c(-c2ccc3c(c2)CCC2(CCN(C(C)C)CC2)O3)ccc2ccnn12. The summed E-state index contributed by atoms with van der Waals surface area (Å²) in [7, 11) is 0. The summed E-state index contributed by atoms with van der Waals surface area (Å²) in [5.41, 5.74) is 6.19. The Bertz CT molecular complexity index is 1010. The molecule has 1 spiro atoms. The number of pyridine rings is 1. The van der Waals surface area contributed by atoms with Gasteiger partial charge in [-0.3, -0.25) is 0 Å². The third-order valence-corrected chi connectivity index (χ3v) is 6.79. The molecule has 0 unspecified atom stereocenters. The fourth-order valence-electron chi connectivity index (χ4n) is 4.92. The molecule has 0 saturated carbocycles. The van der Waals surface area contributed by atoms with Gasteiger partial charge in [-0.05, 0) is 81.8 Å². The van der Waals surface area contributed by atoms with Gasteiger partial charge >= 0.3 is 0 Å². The van der Waals surface area contributed by atoms with Gasteiger partial charge in [0.05, 0.1) is 5.52 Å². The normalized spacial score (nSPS) is 19.1. The second-order valence-corrected chi connectivity index (χ2v) is 8.74. The van der Waals surface area contributed by atoms with E-state index in [1.807, 2.05) is 16.8 Å². The Kier molecular flexibility index (Phi) is 4.20. The molecule has 1 saturated heterocycles. The second kappa shape index (κ2) is 6.63. The molecular formula is C24H29N3O. The topological polar surface area (TPSA) is 29.8 Å². The summed E-state index contributed by atoms with van der Waals surface area (Å²) in [6.07, 6.45) is 6.38. The molecule has 0 amide bonds. The van der Waals surface area contributed by atoms with Gasteiger partial charge in [-0.1, -0.05) is 12.1 Å². The van der Waals surface area contributed by atoms with E-state index in [4.69, 9.17) is 4.74 Å². The van der Waals surface area contributed by atoms with Crippen molar-refractivity contribution in [1.29, 1.82) is 0 Å². The number of benzene rings is 1. The predicted molar refractivity (Wildman–Crippen MR) is 113 cm³/mol. The lowest BCUT2D eigenvalue weighted by molar-refractivity contribution is -0.0211. The number of fused-ring (bicyclic) bond motifs is 2. The lowest BCUT2D eigenvalue weighted by Crippen LogP contribution is -2.51. The molecule has 4 nitrogen and oxygen atoms in total. The molecule has 2 aromatic heterocycles. The van der Waals surface area contributed by atoms with Gasteiger partial charge in [0.1, 0.15) is 11.4 Å². The summed E-state index contributed by atoms with van der Waals surface area (Å²) >= 11 is 0. The zero-order chi connectivity index (χ0) is 19.3. The Hall–Kier alpha value is -2.33. The van der Waals surface area contributed by atoms with Crippen LogP contribution < -0.4 is 4.74 Å². The molecular weight excluding hydrogens is 346 g/mol. The average molecular weight is 376 g/mol. The van der Waals surface area contributed by atoms with Crippen LogP contribution in [0.5, 0.6) is 5.75 Å². The predicted octanol–water partition coefficient (Wildman–Crippen LogP) is 4.88. The molecule has 1 fully saturated rings. The maximum atomic E-state index is 6.62. The molecule has 0 radical (unpaired) electrons. The van der Waals surface area contributed by atoms with Gasteiger partial charge in [-0.15, -0.1) is 0 Å². The van der Waals surface area contributed by atoms with Crippen molar-refractivity contribution in [2.45, 2.75) is 58.1 Å². The molecule has 28 heavy (non-hydrogen) atoms. The maximum absolute atomic E-state index is 6.62. The number of piperidine rings is 1. The molecule has 2 aliphatic heterocycles. The first kappa shape index (κ1) is 17.7. The number of nitrogens with zero attached hydrogens (tertiary/aromatic N) is 3. The minimum Gasteiger partial charge on any atom is -0.487 e. The van der Waals surface area contributed by atoms with Crippen LogP contribution in [0, 0.1) is 6.92 Å².